The second-order valence-electron chi connectivity index (χ2n) is 4.12. The fourth-order valence-electron chi connectivity index (χ4n) is 1.58. The average molecular weight is 247 g/mol. The van der Waals surface area contributed by atoms with Crippen molar-refractivity contribution in [3.63, 3.8) is 0 Å². The fourth-order valence-corrected chi connectivity index (χ4v) is 1.58. The summed E-state index contributed by atoms with van der Waals surface area (Å²) in [6.07, 6.45) is -5.08. The Morgan fingerprint density at radius 2 is 2.00 bits per heavy atom. The van der Waals surface area contributed by atoms with Gasteiger partial charge in [-0.05, 0) is 19.4 Å². The molecule has 0 radical (unpaired) electrons. The molecule has 0 aromatic heterocycles. The minimum absolute atomic E-state index is 0.501. The van der Waals surface area contributed by atoms with Gasteiger partial charge in [0.1, 0.15) is 6.61 Å². The summed E-state index contributed by atoms with van der Waals surface area (Å²) >= 11 is 0. The summed E-state index contributed by atoms with van der Waals surface area (Å²) in [7, 11) is 0. The molecule has 0 heterocycles. The lowest BCUT2D eigenvalue weighted by atomic mass is 10.0. The van der Waals surface area contributed by atoms with Gasteiger partial charge >= 0.3 is 6.18 Å². The number of rotatable bonds is 4. The highest BCUT2D eigenvalue weighted by molar-refractivity contribution is 5.25. The Morgan fingerprint density at radius 3 is 2.47 bits per heavy atom. The van der Waals surface area contributed by atoms with Crippen molar-refractivity contribution < 1.29 is 17.9 Å². The van der Waals surface area contributed by atoms with Crippen LogP contribution in [0.25, 0.3) is 0 Å². The van der Waals surface area contributed by atoms with E-state index < -0.39 is 24.9 Å². The van der Waals surface area contributed by atoms with E-state index in [2.05, 4.69) is 0 Å². The van der Waals surface area contributed by atoms with Gasteiger partial charge in [0.2, 0.25) is 0 Å². The fraction of sp³-hybridized carbons (Fsp3) is 0.500. The van der Waals surface area contributed by atoms with Crippen LogP contribution in [0.1, 0.15) is 24.2 Å². The Labute approximate surface area is 98.6 Å². The van der Waals surface area contributed by atoms with Crippen LogP contribution in [0, 0.1) is 6.92 Å². The number of benzene rings is 1. The average Bonchev–Trinajstić information content (AvgIpc) is 2.15. The first-order valence-corrected chi connectivity index (χ1v) is 5.30. The molecule has 1 aromatic carbocycles. The van der Waals surface area contributed by atoms with Crippen LogP contribution >= 0.6 is 0 Å². The first-order chi connectivity index (χ1) is 7.79. The number of hydrogen-bond donors (Lipinski definition) is 1. The zero-order valence-corrected chi connectivity index (χ0v) is 9.79. The highest BCUT2D eigenvalue weighted by atomic mass is 19.4. The number of ether oxygens (including phenoxy) is 1. The van der Waals surface area contributed by atoms with Gasteiger partial charge in [-0.1, -0.05) is 29.8 Å². The van der Waals surface area contributed by atoms with Crippen molar-refractivity contribution in [3.8, 4) is 0 Å². The van der Waals surface area contributed by atoms with E-state index in [-0.39, 0.29) is 0 Å². The largest absolute Gasteiger partial charge is 0.411 e. The standard InChI is InChI=1S/C12H16F3NO/c1-8-4-3-5-10(6-8)11(9(2)16)17-7-12(13,14)15/h3-6,9,11H,7,16H2,1-2H3. The van der Waals surface area contributed by atoms with Crippen LogP contribution in [0.4, 0.5) is 13.2 Å². The minimum Gasteiger partial charge on any atom is -0.362 e. The lowest BCUT2D eigenvalue weighted by Gasteiger charge is -2.23. The van der Waals surface area contributed by atoms with Gasteiger partial charge in [0, 0.05) is 6.04 Å². The molecule has 1 aromatic rings. The van der Waals surface area contributed by atoms with Gasteiger partial charge in [0.15, 0.2) is 0 Å². The van der Waals surface area contributed by atoms with E-state index >= 15 is 0 Å². The molecule has 0 aliphatic carbocycles. The topological polar surface area (TPSA) is 35.2 Å². The smallest absolute Gasteiger partial charge is 0.362 e. The number of aryl methyl sites for hydroxylation is 1. The third kappa shape index (κ3) is 4.75. The molecule has 0 spiro atoms. The predicted octanol–water partition coefficient (Wildman–Crippen LogP) is 2.96. The van der Waals surface area contributed by atoms with Gasteiger partial charge in [0.05, 0.1) is 6.10 Å². The molecule has 17 heavy (non-hydrogen) atoms. The Hall–Kier alpha value is -1.07. The summed E-state index contributed by atoms with van der Waals surface area (Å²) in [5, 5.41) is 0. The summed E-state index contributed by atoms with van der Waals surface area (Å²) in [6.45, 7) is 2.21. The van der Waals surface area contributed by atoms with Crippen LogP contribution in [0.5, 0.6) is 0 Å². The zero-order chi connectivity index (χ0) is 13.1. The third-order valence-electron chi connectivity index (χ3n) is 2.27. The van der Waals surface area contributed by atoms with Gasteiger partial charge < -0.3 is 10.5 Å². The normalized spacial score (nSPS) is 15.6. The molecular formula is C12H16F3NO. The molecule has 2 N–H and O–H groups in total. The maximum atomic E-state index is 12.1. The first kappa shape index (κ1) is 14.0. The molecule has 2 atom stereocenters. The molecule has 0 bridgehead atoms. The van der Waals surface area contributed by atoms with Crippen LogP contribution in [0.2, 0.25) is 0 Å². The van der Waals surface area contributed by atoms with Crippen molar-refractivity contribution in [1.82, 2.24) is 0 Å². The monoisotopic (exact) mass is 247 g/mol. The van der Waals surface area contributed by atoms with Crippen LogP contribution in [0.3, 0.4) is 0 Å². The van der Waals surface area contributed by atoms with Gasteiger partial charge in [-0.25, -0.2) is 0 Å². The predicted molar refractivity (Wildman–Crippen MR) is 59.6 cm³/mol. The highest BCUT2D eigenvalue weighted by Gasteiger charge is 2.30. The van der Waals surface area contributed by atoms with Crippen molar-refractivity contribution in [1.29, 1.82) is 0 Å². The Morgan fingerprint density at radius 1 is 1.35 bits per heavy atom. The summed E-state index contributed by atoms with van der Waals surface area (Å²) in [4.78, 5) is 0. The molecule has 0 aliphatic heterocycles. The lowest BCUT2D eigenvalue weighted by molar-refractivity contribution is -0.187. The minimum atomic E-state index is -4.34. The molecule has 0 fully saturated rings. The van der Waals surface area contributed by atoms with Crippen molar-refractivity contribution in [2.24, 2.45) is 5.73 Å². The summed E-state index contributed by atoms with van der Waals surface area (Å²) in [6, 6.07) is 6.64. The third-order valence-corrected chi connectivity index (χ3v) is 2.27. The molecule has 0 saturated carbocycles. The van der Waals surface area contributed by atoms with Crippen LogP contribution in [-0.2, 0) is 4.74 Å². The number of hydrogen-bond acceptors (Lipinski definition) is 2. The van der Waals surface area contributed by atoms with Gasteiger partial charge in [-0.15, -0.1) is 0 Å². The molecule has 96 valence electrons. The van der Waals surface area contributed by atoms with Crippen LogP contribution < -0.4 is 5.73 Å². The molecule has 2 nitrogen and oxygen atoms in total. The Kier molecular flexibility index (Phi) is 4.54. The molecule has 1 rings (SSSR count). The van der Waals surface area contributed by atoms with E-state index in [0.29, 0.717) is 5.56 Å². The van der Waals surface area contributed by atoms with Crippen molar-refractivity contribution >= 4 is 0 Å². The van der Waals surface area contributed by atoms with Crippen LogP contribution in [-0.4, -0.2) is 18.8 Å². The first-order valence-electron chi connectivity index (χ1n) is 5.30. The number of alkyl halides is 3. The Bertz CT molecular complexity index is 363. The van der Waals surface area contributed by atoms with E-state index in [9.17, 15) is 13.2 Å². The maximum Gasteiger partial charge on any atom is 0.411 e. The lowest BCUT2D eigenvalue weighted by Crippen LogP contribution is -2.30. The van der Waals surface area contributed by atoms with Crippen molar-refractivity contribution in [3.05, 3.63) is 35.4 Å². The molecular weight excluding hydrogens is 231 g/mol. The van der Waals surface area contributed by atoms with Crippen LogP contribution in [0.15, 0.2) is 24.3 Å². The van der Waals surface area contributed by atoms with Crippen molar-refractivity contribution in [2.75, 3.05) is 6.61 Å². The maximum absolute atomic E-state index is 12.1. The van der Waals surface area contributed by atoms with Crippen molar-refractivity contribution in [2.45, 2.75) is 32.2 Å². The Balaban J connectivity index is 2.79. The molecule has 0 amide bonds. The number of nitrogens with two attached hydrogens (primary N) is 1. The zero-order valence-electron chi connectivity index (χ0n) is 9.79. The number of halogens is 3. The van der Waals surface area contributed by atoms with Gasteiger partial charge in [-0.3, -0.25) is 0 Å². The summed E-state index contributed by atoms with van der Waals surface area (Å²) in [5.41, 5.74) is 7.29. The van der Waals surface area contributed by atoms with E-state index in [0.717, 1.165) is 5.56 Å². The summed E-state index contributed by atoms with van der Waals surface area (Å²) < 4.78 is 41.2. The van der Waals surface area contributed by atoms with E-state index in [1.165, 1.54) is 0 Å². The van der Waals surface area contributed by atoms with E-state index in [1.54, 1.807) is 25.1 Å². The van der Waals surface area contributed by atoms with Gasteiger partial charge in [0.25, 0.3) is 0 Å². The molecule has 0 aliphatic rings. The summed E-state index contributed by atoms with van der Waals surface area (Å²) in [5.74, 6) is 0. The molecule has 2 unspecified atom stereocenters. The molecule has 0 saturated heterocycles. The van der Waals surface area contributed by atoms with Gasteiger partial charge in [-0.2, -0.15) is 13.2 Å². The van der Waals surface area contributed by atoms with E-state index in [1.807, 2.05) is 13.0 Å². The second-order valence-corrected chi connectivity index (χ2v) is 4.12. The highest BCUT2D eigenvalue weighted by Crippen LogP contribution is 2.25. The SMILES string of the molecule is Cc1cccc(C(OCC(F)(F)F)C(C)N)c1. The molecule has 5 heteroatoms. The second kappa shape index (κ2) is 5.51. The quantitative estimate of drug-likeness (QED) is 0.887. The van der Waals surface area contributed by atoms with E-state index in [4.69, 9.17) is 10.5 Å².